The quantitative estimate of drug-likeness (QED) is 0.837. The second-order valence-corrected chi connectivity index (χ2v) is 3.88. The summed E-state index contributed by atoms with van der Waals surface area (Å²) in [6.45, 7) is 4.55. The van der Waals surface area contributed by atoms with E-state index in [2.05, 4.69) is 27.2 Å². The van der Waals surface area contributed by atoms with Crippen LogP contribution in [0.25, 0.3) is 0 Å². The third-order valence-corrected chi connectivity index (χ3v) is 2.47. The highest BCUT2D eigenvalue weighted by Crippen LogP contribution is 2.11. The Kier molecular flexibility index (Phi) is 3.18. The maximum atomic E-state index is 5.65. The number of nitrogen functional groups attached to an aromatic ring is 1. The van der Waals surface area contributed by atoms with Crippen molar-refractivity contribution in [2.75, 3.05) is 11.1 Å². The third kappa shape index (κ3) is 2.90. The molecule has 0 atom stereocenters. The average Bonchev–Trinajstić information content (AvgIpc) is 2.27. The molecule has 0 aliphatic carbocycles. The Bertz CT molecular complexity index is 504. The van der Waals surface area contributed by atoms with E-state index in [1.165, 1.54) is 5.56 Å². The van der Waals surface area contributed by atoms with Crippen molar-refractivity contribution in [1.82, 2.24) is 15.0 Å². The van der Waals surface area contributed by atoms with E-state index in [1.807, 2.05) is 19.2 Å². The molecule has 0 radical (unpaired) electrons. The summed E-state index contributed by atoms with van der Waals surface area (Å²) in [4.78, 5) is 12.4. The first-order chi connectivity index (χ1) is 8.15. The molecule has 0 unspecified atom stereocenters. The Hall–Kier alpha value is -2.17. The summed E-state index contributed by atoms with van der Waals surface area (Å²) in [6.07, 6.45) is 3.63. The van der Waals surface area contributed by atoms with Gasteiger partial charge < -0.3 is 11.1 Å². The van der Waals surface area contributed by atoms with Crippen molar-refractivity contribution in [2.24, 2.45) is 0 Å². The molecule has 5 heteroatoms. The molecular weight excluding hydrogens is 214 g/mol. The van der Waals surface area contributed by atoms with Crippen molar-refractivity contribution in [3.63, 3.8) is 0 Å². The van der Waals surface area contributed by atoms with Gasteiger partial charge in [0.15, 0.2) is 0 Å². The standard InChI is InChI=1S/C12H15N5/c1-8-3-4-14-6-10(8)7-15-12-5-11(13)16-9(2)17-12/h3-6H,7H2,1-2H3,(H3,13,15,16,17). The second kappa shape index (κ2) is 4.78. The molecule has 2 heterocycles. The Balaban J connectivity index is 2.10. The Morgan fingerprint density at radius 2 is 2.12 bits per heavy atom. The number of nitrogens with zero attached hydrogens (tertiary/aromatic N) is 3. The number of aromatic nitrogens is 3. The van der Waals surface area contributed by atoms with Crippen LogP contribution in [0, 0.1) is 13.8 Å². The highest BCUT2D eigenvalue weighted by atomic mass is 15.0. The van der Waals surface area contributed by atoms with Gasteiger partial charge in [-0.05, 0) is 31.0 Å². The summed E-state index contributed by atoms with van der Waals surface area (Å²) in [7, 11) is 0. The van der Waals surface area contributed by atoms with Gasteiger partial charge in [-0.1, -0.05) is 0 Å². The normalized spacial score (nSPS) is 10.2. The summed E-state index contributed by atoms with van der Waals surface area (Å²) in [5.41, 5.74) is 8.00. The minimum absolute atomic E-state index is 0.475. The zero-order valence-electron chi connectivity index (χ0n) is 9.94. The highest BCUT2D eigenvalue weighted by Gasteiger charge is 2.01. The molecule has 2 rings (SSSR count). The van der Waals surface area contributed by atoms with Gasteiger partial charge in [-0.2, -0.15) is 0 Å². The first-order valence-electron chi connectivity index (χ1n) is 5.39. The summed E-state index contributed by atoms with van der Waals surface area (Å²) in [5.74, 6) is 1.87. The van der Waals surface area contributed by atoms with Gasteiger partial charge in [0, 0.05) is 25.0 Å². The molecule has 2 aromatic heterocycles. The topological polar surface area (TPSA) is 76.7 Å². The van der Waals surface area contributed by atoms with E-state index in [0.29, 0.717) is 18.2 Å². The van der Waals surface area contributed by atoms with Gasteiger partial charge in [-0.3, -0.25) is 4.98 Å². The number of rotatable bonds is 3. The smallest absolute Gasteiger partial charge is 0.132 e. The van der Waals surface area contributed by atoms with Crippen molar-refractivity contribution >= 4 is 11.6 Å². The van der Waals surface area contributed by atoms with Crippen LogP contribution in [0.4, 0.5) is 11.6 Å². The van der Waals surface area contributed by atoms with Gasteiger partial charge in [0.05, 0.1) is 0 Å². The molecule has 0 aliphatic rings. The van der Waals surface area contributed by atoms with E-state index in [9.17, 15) is 0 Å². The van der Waals surface area contributed by atoms with E-state index >= 15 is 0 Å². The van der Waals surface area contributed by atoms with Crippen LogP contribution in [-0.2, 0) is 6.54 Å². The number of nitrogens with one attached hydrogen (secondary N) is 1. The van der Waals surface area contributed by atoms with Gasteiger partial charge in [-0.15, -0.1) is 0 Å². The largest absolute Gasteiger partial charge is 0.384 e. The second-order valence-electron chi connectivity index (χ2n) is 3.88. The molecule has 88 valence electrons. The van der Waals surface area contributed by atoms with Gasteiger partial charge in [0.1, 0.15) is 17.5 Å². The maximum Gasteiger partial charge on any atom is 0.132 e. The number of nitrogens with two attached hydrogens (primary N) is 1. The van der Waals surface area contributed by atoms with Gasteiger partial charge in [0.25, 0.3) is 0 Å². The lowest BCUT2D eigenvalue weighted by Gasteiger charge is -2.08. The van der Waals surface area contributed by atoms with Gasteiger partial charge in [0.2, 0.25) is 0 Å². The lowest BCUT2D eigenvalue weighted by atomic mass is 10.1. The number of hydrogen-bond acceptors (Lipinski definition) is 5. The molecule has 17 heavy (non-hydrogen) atoms. The van der Waals surface area contributed by atoms with E-state index in [-0.39, 0.29) is 0 Å². The van der Waals surface area contributed by atoms with Crippen LogP contribution in [0.3, 0.4) is 0 Å². The molecule has 0 spiro atoms. The van der Waals surface area contributed by atoms with Crippen LogP contribution < -0.4 is 11.1 Å². The summed E-state index contributed by atoms with van der Waals surface area (Å²) in [5, 5.41) is 3.21. The fourth-order valence-corrected chi connectivity index (χ4v) is 1.55. The fourth-order valence-electron chi connectivity index (χ4n) is 1.55. The average molecular weight is 229 g/mol. The molecule has 3 N–H and O–H groups in total. The molecule has 2 aromatic rings. The van der Waals surface area contributed by atoms with E-state index in [0.717, 1.165) is 11.4 Å². The van der Waals surface area contributed by atoms with Crippen LogP contribution in [0.2, 0.25) is 0 Å². The molecule has 0 aromatic carbocycles. The minimum Gasteiger partial charge on any atom is -0.384 e. The van der Waals surface area contributed by atoms with Crippen LogP contribution in [0.1, 0.15) is 17.0 Å². The molecule has 0 fully saturated rings. The predicted molar refractivity (Wildman–Crippen MR) is 67.5 cm³/mol. The van der Waals surface area contributed by atoms with Gasteiger partial charge in [-0.25, -0.2) is 9.97 Å². The SMILES string of the molecule is Cc1nc(N)cc(NCc2cnccc2C)n1. The number of anilines is 2. The zero-order chi connectivity index (χ0) is 12.3. The van der Waals surface area contributed by atoms with E-state index in [4.69, 9.17) is 5.73 Å². The van der Waals surface area contributed by atoms with Crippen molar-refractivity contribution in [3.8, 4) is 0 Å². The van der Waals surface area contributed by atoms with E-state index in [1.54, 1.807) is 12.3 Å². The Morgan fingerprint density at radius 3 is 2.82 bits per heavy atom. The van der Waals surface area contributed by atoms with Gasteiger partial charge >= 0.3 is 0 Å². The van der Waals surface area contributed by atoms with Crippen molar-refractivity contribution in [3.05, 3.63) is 41.5 Å². The third-order valence-electron chi connectivity index (χ3n) is 2.47. The molecule has 0 saturated carbocycles. The summed E-state index contributed by atoms with van der Waals surface area (Å²) < 4.78 is 0. The Labute approximate surface area is 100 Å². The number of hydrogen-bond donors (Lipinski definition) is 2. The van der Waals surface area contributed by atoms with Crippen LogP contribution in [0.5, 0.6) is 0 Å². The number of aryl methyl sites for hydroxylation is 2. The van der Waals surface area contributed by atoms with E-state index < -0.39 is 0 Å². The zero-order valence-corrected chi connectivity index (χ0v) is 9.94. The molecule has 0 bridgehead atoms. The first kappa shape index (κ1) is 11.3. The molecule has 5 nitrogen and oxygen atoms in total. The highest BCUT2D eigenvalue weighted by molar-refractivity contribution is 5.45. The van der Waals surface area contributed by atoms with Crippen molar-refractivity contribution < 1.29 is 0 Å². The minimum atomic E-state index is 0.475. The monoisotopic (exact) mass is 229 g/mol. The molecule has 0 aliphatic heterocycles. The van der Waals surface area contributed by atoms with Crippen molar-refractivity contribution in [2.45, 2.75) is 20.4 Å². The predicted octanol–water partition coefficient (Wildman–Crippen LogP) is 1.68. The lowest BCUT2D eigenvalue weighted by Crippen LogP contribution is -2.06. The lowest BCUT2D eigenvalue weighted by molar-refractivity contribution is 1.01. The van der Waals surface area contributed by atoms with Crippen molar-refractivity contribution in [1.29, 1.82) is 0 Å². The maximum absolute atomic E-state index is 5.65. The first-order valence-corrected chi connectivity index (χ1v) is 5.39. The molecule has 0 saturated heterocycles. The summed E-state index contributed by atoms with van der Waals surface area (Å²) >= 11 is 0. The van der Waals surface area contributed by atoms with Crippen LogP contribution in [0.15, 0.2) is 24.5 Å². The van der Waals surface area contributed by atoms with Crippen LogP contribution >= 0.6 is 0 Å². The Morgan fingerprint density at radius 1 is 1.29 bits per heavy atom. The molecule has 0 amide bonds. The number of pyridine rings is 1. The summed E-state index contributed by atoms with van der Waals surface area (Å²) in [6, 6.07) is 3.70. The van der Waals surface area contributed by atoms with Crippen LogP contribution in [-0.4, -0.2) is 15.0 Å². The fraction of sp³-hybridized carbons (Fsp3) is 0.250. The molecular formula is C12H15N5.